The molecule has 1 fully saturated rings. The Morgan fingerprint density at radius 3 is 1.73 bits per heavy atom. The lowest BCUT2D eigenvalue weighted by molar-refractivity contribution is 0.147. The van der Waals surface area contributed by atoms with Gasteiger partial charge in [0.25, 0.3) is 5.56 Å². The maximum atomic E-state index is 13.7. The fourth-order valence-corrected chi connectivity index (χ4v) is 5.02. The first-order valence-corrected chi connectivity index (χ1v) is 13.3. The van der Waals surface area contributed by atoms with Crippen LogP contribution in [0.2, 0.25) is 0 Å². The van der Waals surface area contributed by atoms with Crippen molar-refractivity contribution in [3.05, 3.63) is 120 Å². The molecule has 1 unspecified atom stereocenters. The fourth-order valence-electron chi connectivity index (χ4n) is 4.48. The predicted molar refractivity (Wildman–Crippen MR) is 153 cm³/mol. The minimum Gasteiger partial charge on any atom is -0.493 e. The number of hydrogen-bond donors (Lipinski definition) is 0. The molecule has 0 amide bonds. The molecule has 6 nitrogen and oxygen atoms in total. The molecule has 3 aromatic carbocycles. The van der Waals surface area contributed by atoms with E-state index >= 15 is 0 Å². The van der Waals surface area contributed by atoms with E-state index in [0.29, 0.717) is 28.9 Å². The Morgan fingerprint density at radius 1 is 0.784 bits per heavy atom. The van der Waals surface area contributed by atoms with Crippen LogP contribution in [0.4, 0.5) is 0 Å². The molecule has 1 aromatic heterocycles. The van der Waals surface area contributed by atoms with E-state index in [9.17, 15) is 9.59 Å². The highest BCUT2D eigenvalue weighted by atomic mass is 127. The van der Waals surface area contributed by atoms with Gasteiger partial charge in [-0.1, -0.05) is 53.1 Å². The van der Waals surface area contributed by atoms with Crippen LogP contribution >= 0.6 is 22.6 Å². The third-order valence-corrected chi connectivity index (χ3v) is 7.68. The Balaban J connectivity index is 1.48. The van der Waals surface area contributed by atoms with Gasteiger partial charge in [0.15, 0.2) is 0 Å². The van der Waals surface area contributed by atoms with Gasteiger partial charge in [0, 0.05) is 6.20 Å². The number of hydrogen-bond acceptors (Lipinski definition) is 4. The number of aromatic nitrogens is 2. The van der Waals surface area contributed by atoms with Crippen molar-refractivity contribution < 1.29 is 9.47 Å². The van der Waals surface area contributed by atoms with Gasteiger partial charge in [0.1, 0.15) is 11.5 Å². The normalized spacial score (nSPS) is 15.8. The summed E-state index contributed by atoms with van der Waals surface area (Å²) in [5, 5.41) is 0. The third kappa shape index (κ3) is 5.37. The van der Waals surface area contributed by atoms with Crippen molar-refractivity contribution in [3.63, 3.8) is 0 Å². The van der Waals surface area contributed by atoms with Crippen molar-refractivity contribution in [2.24, 2.45) is 5.41 Å². The monoisotopic (exact) mass is 608 g/mol. The number of halogens is 1. The van der Waals surface area contributed by atoms with E-state index in [4.69, 9.17) is 9.47 Å². The third-order valence-electron chi connectivity index (χ3n) is 6.94. The first-order chi connectivity index (χ1) is 17.8. The zero-order chi connectivity index (χ0) is 26.2. The Hall–Kier alpha value is -3.33. The summed E-state index contributed by atoms with van der Waals surface area (Å²) in [7, 11) is 0. The Bertz CT molecular complexity index is 1470. The van der Waals surface area contributed by atoms with E-state index < -0.39 is 5.41 Å². The van der Waals surface area contributed by atoms with E-state index in [1.807, 2.05) is 104 Å². The number of rotatable bonds is 8. The van der Waals surface area contributed by atoms with Gasteiger partial charge in [-0.15, -0.1) is 0 Å². The minimum atomic E-state index is -0.418. The summed E-state index contributed by atoms with van der Waals surface area (Å²) in [5.74, 6) is 1.55. The average Bonchev–Trinajstić information content (AvgIpc) is 3.61. The van der Waals surface area contributed by atoms with Gasteiger partial charge in [-0.25, -0.2) is 9.36 Å². The number of aryl methyl sites for hydroxylation is 3. The number of ether oxygens (including phenoxy) is 2. The van der Waals surface area contributed by atoms with E-state index in [0.717, 1.165) is 28.2 Å². The van der Waals surface area contributed by atoms with E-state index in [1.54, 1.807) is 22.9 Å². The quantitative estimate of drug-likeness (QED) is 0.244. The van der Waals surface area contributed by atoms with Crippen molar-refractivity contribution >= 4 is 22.6 Å². The second-order valence-electron chi connectivity index (χ2n) is 9.93. The van der Waals surface area contributed by atoms with Crippen LogP contribution in [0.25, 0.3) is 5.69 Å². The lowest BCUT2D eigenvalue weighted by atomic mass is 10.1. The van der Waals surface area contributed by atoms with Gasteiger partial charge in [-0.3, -0.25) is 9.36 Å². The van der Waals surface area contributed by atoms with Crippen molar-refractivity contribution in [1.82, 2.24) is 9.13 Å². The SMILES string of the molecule is Cc1ccc(OCC2(COc3ccc(C)cc3)CC2n2cc(I)c(=O)n(-c3ccc(C)cc3)c2=O)cc1. The second kappa shape index (κ2) is 10.2. The summed E-state index contributed by atoms with van der Waals surface area (Å²) in [5.41, 5.74) is 2.85. The van der Waals surface area contributed by atoms with Crippen molar-refractivity contribution in [2.75, 3.05) is 13.2 Å². The zero-order valence-electron chi connectivity index (χ0n) is 21.1. The van der Waals surface area contributed by atoms with E-state index in [2.05, 4.69) is 0 Å². The fraction of sp³-hybridized carbons (Fsp3) is 0.267. The first-order valence-electron chi connectivity index (χ1n) is 12.3. The molecule has 190 valence electrons. The predicted octanol–water partition coefficient (Wildman–Crippen LogP) is 5.62. The van der Waals surface area contributed by atoms with Gasteiger partial charge in [0.2, 0.25) is 0 Å². The summed E-state index contributed by atoms with van der Waals surface area (Å²) in [6.45, 7) is 6.82. The molecule has 1 aliphatic rings. The molecule has 0 aliphatic heterocycles. The van der Waals surface area contributed by atoms with Crippen LogP contribution < -0.4 is 20.7 Å². The molecule has 37 heavy (non-hydrogen) atoms. The van der Waals surface area contributed by atoms with Crippen LogP contribution in [0.15, 0.2) is 88.6 Å². The van der Waals surface area contributed by atoms with Gasteiger partial charge < -0.3 is 9.47 Å². The van der Waals surface area contributed by atoms with Crippen molar-refractivity contribution in [2.45, 2.75) is 33.2 Å². The highest BCUT2D eigenvalue weighted by Crippen LogP contribution is 2.56. The highest BCUT2D eigenvalue weighted by molar-refractivity contribution is 14.1. The molecule has 0 N–H and O–H groups in total. The van der Waals surface area contributed by atoms with Crippen LogP contribution in [-0.2, 0) is 0 Å². The zero-order valence-corrected chi connectivity index (χ0v) is 23.3. The summed E-state index contributed by atoms with van der Waals surface area (Å²) < 4.78 is 15.8. The first kappa shape index (κ1) is 25.3. The molecule has 0 saturated heterocycles. The number of nitrogens with zero attached hydrogens (tertiary/aromatic N) is 2. The standard InChI is InChI=1S/C30H29IN2O4/c1-20-4-10-23(11-5-20)33-28(34)26(31)17-32(29(33)35)27-16-30(27,18-36-24-12-6-21(2)7-13-24)19-37-25-14-8-22(3)9-15-25/h4-15,17,27H,16,18-19H2,1-3H3. The van der Waals surface area contributed by atoms with Crippen molar-refractivity contribution in [1.29, 1.82) is 0 Å². The summed E-state index contributed by atoms with van der Waals surface area (Å²) >= 11 is 2.01. The van der Waals surface area contributed by atoms with Gasteiger partial charge in [0.05, 0.1) is 33.9 Å². The summed E-state index contributed by atoms with van der Waals surface area (Å²) in [4.78, 5) is 26.7. The molecular weight excluding hydrogens is 579 g/mol. The molecule has 0 radical (unpaired) electrons. The van der Waals surface area contributed by atoms with Crippen LogP contribution in [0.3, 0.4) is 0 Å². The van der Waals surface area contributed by atoms with Crippen LogP contribution in [0.1, 0.15) is 29.2 Å². The molecule has 1 saturated carbocycles. The number of benzene rings is 3. The Labute approximate surface area is 229 Å². The largest absolute Gasteiger partial charge is 0.493 e. The van der Waals surface area contributed by atoms with Crippen LogP contribution in [-0.4, -0.2) is 22.3 Å². The molecule has 1 atom stereocenters. The van der Waals surface area contributed by atoms with Crippen LogP contribution in [0.5, 0.6) is 11.5 Å². The molecule has 0 spiro atoms. The summed E-state index contributed by atoms with van der Waals surface area (Å²) in [6, 6.07) is 23.1. The smallest absolute Gasteiger partial charge is 0.335 e. The summed E-state index contributed by atoms with van der Waals surface area (Å²) in [6.07, 6.45) is 2.37. The molecular formula is C30H29IN2O4. The molecule has 1 aliphatic carbocycles. The molecule has 4 aromatic rings. The van der Waals surface area contributed by atoms with Crippen LogP contribution in [0, 0.1) is 29.8 Å². The molecule has 7 heteroatoms. The Morgan fingerprint density at radius 2 is 1.24 bits per heavy atom. The topological polar surface area (TPSA) is 62.5 Å². The van der Waals surface area contributed by atoms with Gasteiger partial charge in [-0.05, 0) is 86.2 Å². The maximum absolute atomic E-state index is 13.7. The lowest BCUT2D eigenvalue weighted by Gasteiger charge is -2.21. The van der Waals surface area contributed by atoms with Gasteiger partial charge >= 0.3 is 5.69 Å². The second-order valence-corrected chi connectivity index (χ2v) is 11.1. The van der Waals surface area contributed by atoms with E-state index in [-0.39, 0.29) is 17.3 Å². The van der Waals surface area contributed by atoms with E-state index in [1.165, 1.54) is 4.57 Å². The molecule has 1 heterocycles. The average molecular weight is 608 g/mol. The highest BCUT2D eigenvalue weighted by Gasteiger charge is 2.58. The molecule has 0 bridgehead atoms. The Kier molecular flexibility index (Phi) is 6.98. The minimum absolute atomic E-state index is 0.165. The molecule has 5 rings (SSSR count). The maximum Gasteiger partial charge on any atom is 0.335 e. The van der Waals surface area contributed by atoms with Crippen molar-refractivity contribution in [3.8, 4) is 17.2 Å². The lowest BCUT2D eigenvalue weighted by Crippen LogP contribution is -2.40. The van der Waals surface area contributed by atoms with Gasteiger partial charge in [-0.2, -0.15) is 0 Å².